The molecular weight excluding hydrogens is 382 g/mol. The van der Waals surface area contributed by atoms with Crippen molar-refractivity contribution in [2.24, 2.45) is 5.10 Å². The Hall–Kier alpha value is -3.46. The first-order valence-electron chi connectivity index (χ1n) is 8.34. The number of amides is 1. The minimum Gasteiger partial charge on any atom is -0.493 e. The van der Waals surface area contributed by atoms with Gasteiger partial charge >= 0.3 is 0 Å². The van der Waals surface area contributed by atoms with E-state index in [1.54, 1.807) is 37.4 Å². The third-order valence-corrected chi connectivity index (χ3v) is 4.92. The van der Waals surface area contributed by atoms with Crippen LogP contribution in [0.2, 0.25) is 0 Å². The molecule has 0 aliphatic heterocycles. The Labute approximate surface area is 164 Å². The van der Waals surface area contributed by atoms with E-state index in [1.165, 1.54) is 29.7 Å². The van der Waals surface area contributed by atoms with Crippen molar-refractivity contribution in [2.45, 2.75) is 6.92 Å². The minimum atomic E-state index is -0.466. The van der Waals surface area contributed by atoms with Crippen LogP contribution in [0.15, 0.2) is 47.6 Å². The van der Waals surface area contributed by atoms with Gasteiger partial charge in [-0.2, -0.15) is 5.10 Å². The Bertz CT molecular complexity index is 1060. The quantitative estimate of drug-likeness (QED) is 0.368. The fourth-order valence-corrected chi connectivity index (χ4v) is 3.45. The largest absolute Gasteiger partial charge is 0.493 e. The van der Waals surface area contributed by atoms with Crippen molar-refractivity contribution in [1.29, 1.82) is 0 Å². The molecule has 144 valence electrons. The van der Waals surface area contributed by atoms with E-state index < -0.39 is 10.8 Å². The van der Waals surface area contributed by atoms with E-state index in [-0.39, 0.29) is 5.69 Å². The second kappa shape index (κ2) is 8.49. The van der Waals surface area contributed by atoms with E-state index >= 15 is 0 Å². The maximum atomic E-state index is 12.3. The molecule has 8 nitrogen and oxygen atoms in total. The van der Waals surface area contributed by atoms with E-state index in [9.17, 15) is 14.9 Å². The number of benzene rings is 2. The molecule has 0 saturated heterocycles. The zero-order chi connectivity index (χ0) is 20.1. The van der Waals surface area contributed by atoms with Gasteiger partial charge in [-0.15, -0.1) is 11.3 Å². The topological polar surface area (TPSA) is 103 Å². The number of nitrogens with zero attached hydrogens (tertiary/aromatic N) is 2. The lowest BCUT2D eigenvalue weighted by Gasteiger charge is -2.09. The molecule has 0 spiro atoms. The molecule has 1 aromatic heterocycles. The van der Waals surface area contributed by atoms with Gasteiger partial charge in [0.1, 0.15) is 0 Å². The molecule has 3 aromatic rings. The Kier molecular flexibility index (Phi) is 5.85. The van der Waals surface area contributed by atoms with E-state index in [0.717, 1.165) is 10.3 Å². The zero-order valence-corrected chi connectivity index (χ0v) is 16.0. The number of methoxy groups -OCH3 is 1. The summed E-state index contributed by atoms with van der Waals surface area (Å²) in [4.78, 5) is 23.1. The summed E-state index contributed by atoms with van der Waals surface area (Å²) in [5.41, 5.74) is 3.18. The first-order valence-corrected chi connectivity index (χ1v) is 9.15. The molecule has 0 bridgehead atoms. The number of hydrogen-bond acceptors (Lipinski definition) is 7. The van der Waals surface area contributed by atoms with Gasteiger partial charge in [0.25, 0.3) is 11.6 Å². The second-order valence-electron chi connectivity index (χ2n) is 5.63. The zero-order valence-electron chi connectivity index (χ0n) is 15.2. The number of non-ortho nitro benzene ring substituents is 1. The molecule has 0 fully saturated rings. The standard InChI is InChI=1S/C19H17N3O5S/c1-3-27-16-8-12(4-6-15(16)26-2)11-20-21-19(23)18-10-13-9-14(22(24)25)5-7-17(13)28-18/h4-11H,3H2,1-2H3,(H,21,23). The number of rotatable bonds is 7. The van der Waals surface area contributed by atoms with Gasteiger partial charge in [0.05, 0.1) is 29.7 Å². The van der Waals surface area contributed by atoms with Crippen LogP contribution in [0.25, 0.3) is 10.1 Å². The molecule has 0 unspecified atom stereocenters. The highest BCUT2D eigenvalue weighted by Gasteiger charge is 2.13. The molecule has 1 N–H and O–H groups in total. The monoisotopic (exact) mass is 399 g/mol. The highest BCUT2D eigenvalue weighted by molar-refractivity contribution is 7.20. The summed E-state index contributed by atoms with van der Waals surface area (Å²) in [5.74, 6) is 0.812. The normalized spacial score (nSPS) is 10.9. The molecule has 3 rings (SSSR count). The molecule has 1 heterocycles. The van der Waals surface area contributed by atoms with E-state index in [1.807, 2.05) is 6.92 Å². The van der Waals surface area contributed by atoms with Crippen LogP contribution in [0.5, 0.6) is 11.5 Å². The Morgan fingerprint density at radius 3 is 2.79 bits per heavy atom. The molecule has 0 saturated carbocycles. The third-order valence-electron chi connectivity index (χ3n) is 3.80. The van der Waals surface area contributed by atoms with Gasteiger partial charge < -0.3 is 9.47 Å². The molecule has 28 heavy (non-hydrogen) atoms. The SMILES string of the molecule is CCOc1cc(C=NNC(=O)c2cc3cc([N+](=O)[O-])ccc3s2)ccc1OC. The van der Waals surface area contributed by atoms with Gasteiger partial charge in [0, 0.05) is 22.2 Å². The van der Waals surface area contributed by atoms with Gasteiger partial charge in [-0.25, -0.2) is 5.43 Å². The van der Waals surface area contributed by atoms with Crippen LogP contribution in [0, 0.1) is 10.1 Å². The highest BCUT2D eigenvalue weighted by atomic mass is 32.1. The van der Waals surface area contributed by atoms with E-state index in [2.05, 4.69) is 10.5 Å². The van der Waals surface area contributed by atoms with Crippen LogP contribution in [0.4, 0.5) is 5.69 Å². The molecule has 0 radical (unpaired) electrons. The van der Waals surface area contributed by atoms with Crippen LogP contribution >= 0.6 is 11.3 Å². The maximum absolute atomic E-state index is 12.3. The van der Waals surface area contributed by atoms with Crippen molar-refractivity contribution >= 4 is 39.2 Å². The fourth-order valence-electron chi connectivity index (χ4n) is 2.52. The molecule has 0 aliphatic rings. The van der Waals surface area contributed by atoms with Crippen molar-refractivity contribution in [1.82, 2.24) is 5.43 Å². The van der Waals surface area contributed by atoms with Crippen molar-refractivity contribution in [3.8, 4) is 11.5 Å². The first-order chi connectivity index (χ1) is 13.5. The molecule has 0 aliphatic carbocycles. The number of carbonyl (C=O) groups is 1. The summed E-state index contributed by atoms with van der Waals surface area (Å²) in [7, 11) is 1.56. The van der Waals surface area contributed by atoms with Crippen LogP contribution < -0.4 is 14.9 Å². The summed E-state index contributed by atoms with van der Waals surface area (Å²) in [6.45, 7) is 2.37. The number of hydrazone groups is 1. The van der Waals surface area contributed by atoms with Gasteiger partial charge in [-0.1, -0.05) is 0 Å². The Morgan fingerprint density at radius 1 is 1.25 bits per heavy atom. The number of fused-ring (bicyclic) bond motifs is 1. The maximum Gasteiger partial charge on any atom is 0.281 e. The van der Waals surface area contributed by atoms with E-state index in [4.69, 9.17) is 9.47 Å². The van der Waals surface area contributed by atoms with Crippen LogP contribution in [0.1, 0.15) is 22.2 Å². The summed E-state index contributed by atoms with van der Waals surface area (Å²) >= 11 is 1.24. The average molecular weight is 399 g/mol. The molecule has 2 aromatic carbocycles. The van der Waals surface area contributed by atoms with Gasteiger partial charge in [0.15, 0.2) is 11.5 Å². The highest BCUT2D eigenvalue weighted by Crippen LogP contribution is 2.29. The predicted molar refractivity (Wildman–Crippen MR) is 108 cm³/mol. The van der Waals surface area contributed by atoms with Crippen molar-refractivity contribution in [3.05, 3.63) is 63.0 Å². The molecule has 0 atom stereocenters. The summed E-state index contributed by atoms with van der Waals surface area (Å²) < 4.78 is 11.5. The molecular formula is C19H17N3O5S. The van der Waals surface area contributed by atoms with Gasteiger partial charge in [0.2, 0.25) is 0 Å². The smallest absolute Gasteiger partial charge is 0.281 e. The third kappa shape index (κ3) is 4.26. The summed E-state index contributed by atoms with van der Waals surface area (Å²) in [6.07, 6.45) is 1.50. The molecule has 9 heteroatoms. The Morgan fingerprint density at radius 2 is 2.07 bits per heavy atom. The number of carbonyl (C=O) groups excluding carboxylic acids is 1. The van der Waals surface area contributed by atoms with Crippen molar-refractivity contribution < 1.29 is 19.2 Å². The lowest BCUT2D eigenvalue weighted by atomic mass is 10.2. The second-order valence-corrected chi connectivity index (χ2v) is 6.72. The van der Waals surface area contributed by atoms with Crippen molar-refractivity contribution in [3.63, 3.8) is 0 Å². The molecule has 1 amide bonds. The number of nitro groups is 1. The number of thiophene rings is 1. The fraction of sp³-hybridized carbons (Fsp3) is 0.158. The number of nitro benzene ring substituents is 1. The van der Waals surface area contributed by atoms with Gasteiger partial charge in [-0.05, 0) is 42.8 Å². The van der Waals surface area contributed by atoms with Crippen molar-refractivity contribution in [2.75, 3.05) is 13.7 Å². The van der Waals surface area contributed by atoms with E-state index in [0.29, 0.717) is 28.4 Å². The predicted octanol–water partition coefficient (Wildman–Crippen LogP) is 3.98. The van der Waals surface area contributed by atoms with Crippen LogP contribution in [0.3, 0.4) is 0 Å². The van der Waals surface area contributed by atoms with Crippen LogP contribution in [-0.2, 0) is 0 Å². The van der Waals surface area contributed by atoms with Crippen LogP contribution in [-0.4, -0.2) is 30.8 Å². The number of ether oxygens (including phenoxy) is 2. The minimum absolute atomic E-state index is 0.0140. The number of hydrogen-bond donors (Lipinski definition) is 1. The lowest BCUT2D eigenvalue weighted by Crippen LogP contribution is -2.16. The summed E-state index contributed by atoms with van der Waals surface area (Å²) in [6, 6.07) is 11.4. The lowest BCUT2D eigenvalue weighted by molar-refractivity contribution is -0.384. The summed E-state index contributed by atoms with van der Waals surface area (Å²) in [5, 5.41) is 15.5. The Balaban J connectivity index is 1.72. The average Bonchev–Trinajstić information content (AvgIpc) is 3.12. The first kappa shape index (κ1) is 19.3. The number of nitrogens with one attached hydrogen (secondary N) is 1. The van der Waals surface area contributed by atoms with Gasteiger partial charge in [-0.3, -0.25) is 14.9 Å².